The lowest BCUT2D eigenvalue weighted by Crippen LogP contribution is -2.18. The average Bonchev–Trinajstić information content (AvgIpc) is 2.77. The van der Waals surface area contributed by atoms with Gasteiger partial charge in [-0.15, -0.1) is 0 Å². The van der Waals surface area contributed by atoms with Crippen molar-refractivity contribution < 1.29 is 14.2 Å². The molecule has 0 amide bonds. The van der Waals surface area contributed by atoms with Crippen LogP contribution in [0.4, 0.5) is 0 Å². The Morgan fingerprint density at radius 3 is 2.21 bits per heavy atom. The Morgan fingerprint density at radius 1 is 0.786 bits per heavy atom. The minimum Gasteiger partial charge on any atom is -0.497 e. The van der Waals surface area contributed by atoms with Gasteiger partial charge >= 0.3 is 0 Å². The van der Waals surface area contributed by atoms with E-state index in [1.807, 2.05) is 36.4 Å². The molecule has 0 saturated carbocycles. The molecule has 0 heterocycles. The minimum atomic E-state index is 0.206. The smallest absolute Gasteiger partial charge is 0.126 e. The number of benzene rings is 3. The average molecular weight is 377 g/mol. The summed E-state index contributed by atoms with van der Waals surface area (Å²) in [6, 6.07) is 22.6. The van der Waals surface area contributed by atoms with Crippen LogP contribution in [0.3, 0.4) is 0 Å². The Hall–Kier alpha value is -2.98. The first-order valence-electron chi connectivity index (χ1n) is 9.33. The van der Waals surface area contributed by atoms with Gasteiger partial charge in [-0.05, 0) is 60.0 Å². The summed E-state index contributed by atoms with van der Waals surface area (Å²) in [6.07, 6.45) is 0. The van der Waals surface area contributed by atoms with E-state index in [1.165, 1.54) is 11.1 Å². The van der Waals surface area contributed by atoms with Crippen molar-refractivity contribution in [2.24, 2.45) is 0 Å². The molecule has 0 aliphatic carbocycles. The first-order chi connectivity index (χ1) is 13.6. The summed E-state index contributed by atoms with van der Waals surface area (Å²) in [5, 5.41) is 3.58. The summed E-state index contributed by atoms with van der Waals surface area (Å²) in [5.74, 6) is 2.54. The van der Waals surface area contributed by atoms with Crippen LogP contribution in [0.2, 0.25) is 0 Å². The normalized spacial score (nSPS) is 11.7. The van der Waals surface area contributed by atoms with Crippen LogP contribution >= 0.6 is 0 Å². The molecule has 28 heavy (non-hydrogen) atoms. The molecule has 4 nitrogen and oxygen atoms in total. The highest BCUT2D eigenvalue weighted by Crippen LogP contribution is 2.33. The van der Waals surface area contributed by atoms with E-state index < -0.39 is 0 Å². The van der Waals surface area contributed by atoms with Gasteiger partial charge in [0.25, 0.3) is 0 Å². The van der Waals surface area contributed by atoms with Gasteiger partial charge < -0.3 is 19.5 Å². The topological polar surface area (TPSA) is 39.7 Å². The Labute approximate surface area is 167 Å². The molecule has 3 aromatic carbocycles. The maximum Gasteiger partial charge on any atom is 0.126 e. The van der Waals surface area contributed by atoms with Gasteiger partial charge in [-0.25, -0.2) is 0 Å². The lowest BCUT2D eigenvalue weighted by Gasteiger charge is -2.17. The lowest BCUT2D eigenvalue weighted by atomic mass is 10.0. The third kappa shape index (κ3) is 4.65. The first-order valence-corrected chi connectivity index (χ1v) is 9.33. The zero-order chi connectivity index (χ0) is 19.9. The number of ether oxygens (including phenoxy) is 3. The molecule has 1 atom stereocenters. The monoisotopic (exact) mass is 377 g/mol. The Balaban J connectivity index is 1.79. The SMILES string of the molecule is COc1cccc(-c2cc(CNC(C)c3cccc(OC)c3)ccc2OC)c1. The molecule has 3 rings (SSSR count). The maximum atomic E-state index is 5.57. The van der Waals surface area contributed by atoms with Crippen molar-refractivity contribution in [2.75, 3.05) is 21.3 Å². The molecule has 0 spiro atoms. The van der Waals surface area contributed by atoms with Crippen LogP contribution in [-0.2, 0) is 6.54 Å². The highest BCUT2D eigenvalue weighted by atomic mass is 16.5. The van der Waals surface area contributed by atoms with E-state index in [9.17, 15) is 0 Å². The number of methoxy groups -OCH3 is 3. The quantitative estimate of drug-likeness (QED) is 0.583. The van der Waals surface area contributed by atoms with E-state index in [0.29, 0.717) is 0 Å². The third-order valence-corrected chi connectivity index (χ3v) is 4.85. The molecule has 0 saturated heterocycles. The zero-order valence-corrected chi connectivity index (χ0v) is 16.9. The van der Waals surface area contributed by atoms with E-state index in [2.05, 4.69) is 42.6 Å². The van der Waals surface area contributed by atoms with E-state index in [-0.39, 0.29) is 6.04 Å². The van der Waals surface area contributed by atoms with Gasteiger partial charge in [0.05, 0.1) is 21.3 Å². The van der Waals surface area contributed by atoms with Gasteiger partial charge in [0.1, 0.15) is 17.2 Å². The fraction of sp³-hybridized carbons (Fsp3) is 0.250. The summed E-state index contributed by atoms with van der Waals surface area (Å²) in [6.45, 7) is 2.90. The van der Waals surface area contributed by atoms with Crippen molar-refractivity contribution in [1.29, 1.82) is 0 Å². The predicted octanol–water partition coefficient (Wildman–Crippen LogP) is 5.23. The summed E-state index contributed by atoms with van der Waals surface area (Å²) in [7, 11) is 5.06. The molecular weight excluding hydrogens is 350 g/mol. The van der Waals surface area contributed by atoms with Gasteiger partial charge in [-0.3, -0.25) is 0 Å². The van der Waals surface area contributed by atoms with Crippen molar-refractivity contribution in [3.8, 4) is 28.4 Å². The van der Waals surface area contributed by atoms with Crippen molar-refractivity contribution in [3.05, 3.63) is 77.9 Å². The Kier molecular flexibility index (Phi) is 6.56. The van der Waals surface area contributed by atoms with E-state index in [1.54, 1.807) is 21.3 Å². The molecule has 0 aliphatic rings. The number of hydrogen-bond acceptors (Lipinski definition) is 4. The fourth-order valence-electron chi connectivity index (χ4n) is 3.18. The molecule has 0 aromatic heterocycles. The van der Waals surface area contributed by atoms with Crippen molar-refractivity contribution in [3.63, 3.8) is 0 Å². The van der Waals surface area contributed by atoms with Crippen LogP contribution in [0.25, 0.3) is 11.1 Å². The van der Waals surface area contributed by atoms with E-state index in [4.69, 9.17) is 14.2 Å². The second-order valence-electron chi connectivity index (χ2n) is 6.65. The Morgan fingerprint density at radius 2 is 1.50 bits per heavy atom. The van der Waals surface area contributed by atoms with Crippen LogP contribution in [0.5, 0.6) is 17.2 Å². The van der Waals surface area contributed by atoms with Crippen molar-refractivity contribution in [2.45, 2.75) is 19.5 Å². The molecule has 3 aromatic rings. The van der Waals surface area contributed by atoms with Gasteiger partial charge in [0.2, 0.25) is 0 Å². The standard InChI is InChI=1S/C24H27NO3/c1-17(19-7-5-9-21(14-19)26-2)25-16-18-11-12-24(28-4)23(13-18)20-8-6-10-22(15-20)27-3/h5-15,17,25H,16H2,1-4H3. The Bertz CT molecular complexity index is 923. The van der Waals surface area contributed by atoms with Crippen molar-refractivity contribution in [1.82, 2.24) is 5.32 Å². The second kappa shape index (κ2) is 9.29. The zero-order valence-electron chi connectivity index (χ0n) is 16.9. The van der Waals surface area contributed by atoms with Gasteiger partial charge in [-0.1, -0.05) is 30.3 Å². The largest absolute Gasteiger partial charge is 0.497 e. The fourth-order valence-corrected chi connectivity index (χ4v) is 3.18. The molecule has 0 radical (unpaired) electrons. The van der Waals surface area contributed by atoms with Crippen molar-refractivity contribution >= 4 is 0 Å². The van der Waals surface area contributed by atoms with Crippen LogP contribution in [0.15, 0.2) is 66.7 Å². The van der Waals surface area contributed by atoms with E-state index in [0.717, 1.165) is 34.9 Å². The molecule has 0 aliphatic heterocycles. The minimum absolute atomic E-state index is 0.206. The molecule has 0 bridgehead atoms. The summed E-state index contributed by atoms with van der Waals surface area (Å²) in [4.78, 5) is 0. The maximum absolute atomic E-state index is 5.57. The lowest BCUT2D eigenvalue weighted by molar-refractivity contribution is 0.413. The molecule has 4 heteroatoms. The molecule has 0 fully saturated rings. The molecule has 1 N–H and O–H groups in total. The second-order valence-corrected chi connectivity index (χ2v) is 6.65. The number of nitrogens with one attached hydrogen (secondary N) is 1. The van der Waals surface area contributed by atoms with Crippen LogP contribution in [0, 0.1) is 0 Å². The van der Waals surface area contributed by atoms with Crippen LogP contribution in [0.1, 0.15) is 24.1 Å². The van der Waals surface area contributed by atoms with Gasteiger partial charge in [-0.2, -0.15) is 0 Å². The number of rotatable bonds is 8. The van der Waals surface area contributed by atoms with Crippen LogP contribution in [-0.4, -0.2) is 21.3 Å². The van der Waals surface area contributed by atoms with Gasteiger partial charge in [0.15, 0.2) is 0 Å². The van der Waals surface area contributed by atoms with E-state index >= 15 is 0 Å². The number of hydrogen-bond donors (Lipinski definition) is 1. The van der Waals surface area contributed by atoms with Crippen LogP contribution < -0.4 is 19.5 Å². The highest BCUT2D eigenvalue weighted by molar-refractivity contribution is 5.72. The molecule has 146 valence electrons. The molecule has 1 unspecified atom stereocenters. The summed E-state index contributed by atoms with van der Waals surface area (Å²) < 4.78 is 16.3. The first kappa shape index (κ1) is 19.8. The highest BCUT2D eigenvalue weighted by Gasteiger charge is 2.10. The summed E-state index contributed by atoms with van der Waals surface area (Å²) >= 11 is 0. The third-order valence-electron chi connectivity index (χ3n) is 4.85. The molecular formula is C24H27NO3. The predicted molar refractivity (Wildman–Crippen MR) is 113 cm³/mol. The van der Waals surface area contributed by atoms with Gasteiger partial charge in [0, 0.05) is 18.2 Å². The summed E-state index contributed by atoms with van der Waals surface area (Å²) in [5.41, 5.74) is 4.50.